The van der Waals surface area contributed by atoms with Crippen molar-refractivity contribution in [2.24, 2.45) is 0 Å². The maximum atomic E-state index is 4.35. The Morgan fingerprint density at radius 2 is 1.90 bits per heavy atom. The zero-order chi connectivity index (χ0) is 19.8. The number of fused-ring (bicyclic) bond motifs is 2. The van der Waals surface area contributed by atoms with Gasteiger partial charge in [-0.25, -0.2) is 0 Å². The third-order valence-electron chi connectivity index (χ3n) is 5.81. The van der Waals surface area contributed by atoms with Crippen LogP contribution in [0.1, 0.15) is 45.5 Å². The average Bonchev–Trinajstić information content (AvgIpc) is 3.16. The van der Waals surface area contributed by atoms with E-state index in [9.17, 15) is 0 Å². The number of likely N-dealkylation sites (tertiary alicyclic amines) is 1. The van der Waals surface area contributed by atoms with Crippen LogP contribution in [0.15, 0.2) is 59.7 Å². The molecule has 3 heterocycles. The molecule has 1 fully saturated rings. The maximum Gasteiger partial charge on any atom is 0.0491 e. The van der Waals surface area contributed by atoms with E-state index in [4.69, 9.17) is 0 Å². The standard InChI is InChI=1S/C25H23BrN2S/c1-17-12-18(15-27-14-17)16-28-9-6-19(7-10-28)24-21-5-3-2-4-20(21)13-23(26)25-22(24)8-11-29-25/h2-5,8,11-15H,6-7,9-10,16H2,1H3. The number of benzene rings is 1. The quantitative estimate of drug-likeness (QED) is 0.418. The van der Waals surface area contributed by atoms with E-state index in [1.165, 1.54) is 42.7 Å². The second-order valence-electron chi connectivity index (χ2n) is 7.87. The summed E-state index contributed by atoms with van der Waals surface area (Å²) in [6.45, 7) is 5.31. The van der Waals surface area contributed by atoms with Crippen LogP contribution >= 0.6 is 27.3 Å². The Labute approximate surface area is 184 Å². The summed E-state index contributed by atoms with van der Waals surface area (Å²) in [5, 5.41) is 2.22. The molecule has 0 N–H and O–H groups in total. The minimum absolute atomic E-state index is 0.991. The third-order valence-corrected chi connectivity index (χ3v) is 7.65. The van der Waals surface area contributed by atoms with Crippen molar-refractivity contribution in [2.45, 2.75) is 26.3 Å². The summed E-state index contributed by atoms with van der Waals surface area (Å²) in [7, 11) is 0. The van der Waals surface area contributed by atoms with Crippen molar-refractivity contribution >= 4 is 43.4 Å². The summed E-state index contributed by atoms with van der Waals surface area (Å²) in [6.07, 6.45) is 8.45. The number of piperidine rings is 1. The summed E-state index contributed by atoms with van der Waals surface area (Å²) in [5.74, 6) is 0. The van der Waals surface area contributed by atoms with E-state index in [-0.39, 0.29) is 0 Å². The van der Waals surface area contributed by atoms with Gasteiger partial charge in [-0.1, -0.05) is 35.9 Å². The topological polar surface area (TPSA) is 16.1 Å². The molecule has 2 nitrogen and oxygen atoms in total. The van der Waals surface area contributed by atoms with Gasteiger partial charge in [0.2, 0.25) is 0 Å². The van der Waals surface area contributed by atoms with Crippen LogP contribution in [0.2, 0.25) is 0 Å². The Morgan fingerprint density at radius 3 is 2.72 bits per heavy atom. The van der Waals surface area contributed by atoms with E-state index in [0.29, 0.717) is 0 Å². The SMILES string of the molecule is Cc1cncc(CN2CCC(=C3c4ccccc4C=C(Br)c4sccc43)CC2)c1. The van der Waals surface area contributed by atoms with Crippen LogP contribution in [0.4, 0.5) is 0 Å². The smallest absolute Gasteiger partial charge is 0.0491 e. The molecule has 1 aromatic carbocycles. The zero-order valence-electron chi connectivity index (χ0n) is 16.5. The first-order valence-electron chi connectivity index (χ1n) is 10.1. The predicted molar refractivity (Wildman–Crippen MR) is 127 cm³/mol. The van der Waals surface area contributed by atoms with Crippen molar-refractivity contribution < 1.29 is 0 Å². The largest absolute Gasteiger partial charge is 0.298 e. The lowest BCUT2D eigenvalue weighted by Gasteiger charge is -2.30. The Bertz CT molecular complexity index is 1120. The van der Waals surface area contributed by atoms with Crippen molar-refractivity contribution in [3.05, 3.63) is 92.4 Å². The maximum absolute atomic E-state index is 4.35. The minimum atomic E-state index is 0.991. The number of halogens is 1. The molecule has 0 saturated carbocycles. The first kappa shape index (κ1) is 19.0. The Kier molecular flexibility index (Phi) is 5.25. The second kappa shape index (κ2) is 8.02. The molecule has 2 aliphatic rings. The first-order chi connectivity index (χ1) is 14.2. The zero-order valence-corrected chi connectivity index (χ0v) is 18.9. The molecule has 0 radical (unpaired) electrons. The van der Waals surface area contributed by atoms with Gasteiger partial charge in [0, 0.05) is 47.0 Å². The molecule has 1 aliphatic heterocycles. The van der Waals surface area contributed by atoms with Crippen molar-refractivity contribution in [2.75, 3.05) is 13.1 Å². The van der Waals surface area contributed by atoms with Gasteiger partial charge in [0.05, 0.1) is 0 Å². The molecule has 0 bridgehead atoms. The molecule has 3 aromatic rings. The molecule has 146 valence electrons. The lowest BCUT2D eigenvalue weighted by molar-refractivity contribution is 0.248. The minimum Gasteiger partial charge on any atom is -0.298 e. The average molecular weight is 463 g/mol. The van der Waals surface area contributed by atoms with Gasteiger partial charge >= 0.3 is 0 Å². The van der Waals surface area contributed by atoms with Gasteiger partial charge < -0.3 is 0 Å². The Morgan fingerprint density at radius 1 is 1.07 bits per heavy atom. The molecule has 5 rings (SSSR count). The summed E-state index contributed by atoms with van der Waals surface area (Å²) in [5.41, 5.74) is 9.65. The predicted octanol–water partition coefficient (Wildman–Crippen LogP) is 6.76. The van der Waals surface area contributed by atoms with Crippen LogP contribution in [0.25, 0.3) is 16.1 Å². The van der Waals surface area contributed by atoms with Gasteiger partial charge in [-0.15, -0.1) is 11.3 Å². The number of aryl methyl sites for hydroxylation is 1. The number of hydrogen-bond acceptors (Lipinski definition) is 3. The van der Waals surface area contributed by atoms with Gasteiger partial charge in [0.1, 0.15) is 0 Å². The lowest BCUT2D eigenvalue weighted by atomic mass is 9.87. The molecule has 0 spiro atoms. The summed E-state index contributed by atoms with van der Waals surface area (Å²) in [4.78, 5) is 8.26. The summed E-state index contributed by atoms with van der Waals surface area (Å²) >= 11 is 5.65. The molecule has 2 aromatic heterocycles. The number of aromatic nitrogens is 1. The number of rotatable bonds is 2. The van der Waals surface area contributed by atoms with Crippen LogP contribution in [-0.2, 0) is 6.54 Å². The molecule has 29 heavy (non-hydrogen) atoms. The highest BCUT2D eigenvalue weighted by Crippen LogP contribution is 2.44. The van der Waals surface area contributed by atoms with Crippen molar-refractivity contribution in [3.63, 3.8) is 0 Å². The van der Waals surface area contributed by atoms with Crippen molar-refractivity contribution in [1.29, 1.82) is 0 Å². The van der Waals surface area contributed by atoms with E-state index in [2.05, 4.69) is 80.6 Å². The molecule has 0 unspecified atom stereocenters. The second-order valence-corrected chi connectivity index (χ2v) is 9.64. The molecule has 1 saturated heterocycles. The van der Waals surface area contributed by atoms with Crippen LogP contribution in [-0.4, -0.2) is 23.0 Å². The fraction of sp³-hybridized carbons (Fsp3) is 0.240. The molecule has 4 heteroatoms. The van der Waals surface area contributed by atoms with Crippen molar-refractivity contribution in [1.82, 2.24) is 9.88 Å². The fourth-order valence-electron chi connectivity index (χ4n) is 4.46. The van der Waals surface area contributed by atoms with E-state index in [1.54, 1.807) is 5.57 Å². The molecule has 0 amide bonds. The first-order valence-corrected chi connectivity index (χ1v) is 11.8. The number of thiophene rings is 1. The Balaban J connectivity index is 1.47. The molecule has 0 atom stereocenters. The van der Waals surface area contributed by atoms with Crippen LogP contribution in [0.3, 0.4) is 0 Å². The highest BCUT2D eigenvalue weighted by Gasteiger charge is 2.25. The monoisotopic (exact) mass is 462 g/mol. The normalized spacial score (nSPS) is 16.8. The van der Waals surface area contributed by atoms with Gasteiger partial charge in [-0.05, 0) is 81.0 Å². The number of hydrogen-bond donors (Lipinski definition) is 0. The van der Waals surface area contributed by atoms with E-state index in [1.807, 2.05) is 23.7 Å². The van der Waals surface area contributed by atoms with Gasteiger partial charge in [0.25, 0.3) is 0 Å². The van der Waals surface area contributed by atoms with Crippen molar-refractivity contribution in [3.8, 4) is 0 Å². The van der Waals surface area contributed by atoms with Crippen LogP contribution in [0.5, 0.6) is 0 Å². The summed E-state index contributed by atoms with van der Waals surface area (Å²) in [6, 6.07) is 13.4. The van der Waals surface area contributed by atoms with Gasteiger partial charge in [0.15, 0.2) is 0 Å². The van der Waals surface area contributed by atoms with E-state index in [0.717, 1.165) is 32.5 Å². The highest BCUT2D eigenvalue weighted by molar-refractivity contribution is 9.15. The third kappa shape index (κ3) is 3.77. The highest BCUT2D eigenvalue weighted by atomic mass is 79.9. The van der Waals surface area contributed by atoms with Gasteiger partial charge in [-0.3, -0.25) is 9.88 Å². The van der Waals surface area contributed by atoms with E-state index >= 15 is 0 Å². The van der Waals surface area contributed by atoms with Crippen LogP contribution in [0, 0.1) is 6.92 Å². The fourth-order valence-corrected chi connectivity index (χ4v) is 6.01. The van der Waals surface area contributed by atoms with E-state index < -0.39 is 0 Å². The van der Waals surface area contributed by atoms with Gasteiger partial charge in [-0.2, -0.15) is 0 Å². The number of nitrogens with zero attached hydrogens (tertiary/aromatic N) is 2. The molecular formula is C25H23BrN2S. The van der Waals surface area contributed by atoms with Crippen LogP contribution < -0.4 is 0 Å². The molecular weight excluding hydrogens is 440 g/mol. The Hall–Kier alpha value is -2.01. The number of pyridine rings is 1. The molecule has 1 aliphatic carbocycles. The summed E-state index contributed by atoms with van der Waals surface area (Å²) < 4.78 is 1.19. The lowest BCUT2D eigenvalue weighted by Crippen LogP contribution is -2.30.